The molecule has 1 atom stereocenters. The van der Waals surface area contributed by atoms with Gasteiger partial charge in [-0.25, -0.2) is 4.98 Å². The van der Waals surface area contributed by atoms with Gasteiger partial charge in [-0.15, -0.1) is 0 Å². The van der Waals surface area contributed by atoms with E-state index in [-0.39, 0.29) is 5.88 Å². The summed E-state index contributed by atoms with van der Waals surface area (Å²) < 4.78 is 10.2. The number of benzene rings is 1. The fourth-order valence-electron chi connectivity index (χ4n) is 2.33. The Morgan fingerprint density at radius 2 is 1.86 bits per heavy atom. The van der Waals surface area contributed by atoms with Crippen molar-refractivity contribution >= 4 is 0 Å². The first-order chi connectivity index (χ1) is 10.2. The maximum Gasteiger partial charge on any atom is 0.241 e. The van der Waals surface area contributed by atoms with E-state index in [1.807, 2.05) is 12.1 Å². The van der Waals surface area contributed by atoms with Gasteiger partial charge in [-0.3, -0.25) is 0 Å². The zero-order chi connectivity index (χ0) is 14.8. The maximum absolute atomic E-state index is 10.5. The van der Waals surface area contributed by atoms with Gasteiger partial charge in [-0.1, -0.05) is 24.3 Å². The van der Waals surface area contributed by atoms with E-state index < -0.39 is 6.10 Å². The van der Waals surface area contributed by atoms with Crippen LogP contribution in [0, 0.1) is 0 Å². The Kier molecular flexibility index (Phi) is 3.75. The van der Waals surface area contributed by atoms with E-state index in [9.17, 15) is 5.11 Å². The third-order valence-corrected chi connectivity index (χ3v) is 3.71. The number of aromatic nitrogens is 2. The molecule has 2 aromatic rings. The molecular weight excluding hydrogens is 268 g/mol. The number of rotatable bonds is 5. The van der Waals surface area contributed by atoms with Crippen LogP contribution in [0.5, 0.6) is 11.8 Å². The Labute approximate surface area is 123 Å². The second-order valence-corrected chi connectivity index (χ2v) is 5.15. The number of aliphatic hydroxyl groups is 1. The molecule has 1 heterocycles. The lowest BCUT2D eigenvalue weighted by Crippen LogP contribution is -2.07. The lowest BCUT2D eigenvalue weighted by Gasteiger charge is -2.14. The number of hydrogen-bond donors (Lipinski definition) is 1. The smallest absolute Gasteiger partial charge is 0.241 e. The molecule has 1 aliphatic carbocycles. The summed E-state index contributed by atoms with van der Waals surface area (Å²) in [6.45, 7) is 0. The molecule has 1 fully saturated rings. The van der Waals surface area contributed by atoms with Gasteiger partial charge in [0, 0.05) is 0 Å². The summed E-state index contributed by atoms with van der Waals surface area (Å²) in [4.78, 5) is 8.35. The minimum absolute atomic E-state index is 0.271. The van der Waals surface area contributed by atoms with E-state index in [1.165, 1.54) is 38.8 Å². The van der Waals surface area contributed by atoms with Crippen molar-refractivity contribution in [1.82, 2.24) is 9.97 Å². The van der Waals surface area contributed by atoms with Gasteiger partial charge in [-0.2, -0.15) is 4.98 Å². The first-order valence-corrected chi connectivity index (χ1v) is 6.95. The summed E-state index contributed by atoms with van der Waals surface area (Å²) in [5.41, 5.74) is 2.49. The summed E-state index contributed by atoms with van der Waals surface area (Å²) in [5.74, 6) is 1.33. The normalized spacial score (nSPS) is 15.6. The van der Waals surface area contributed by atoms with Crippen LogP contribution in [-0.2, 0) is 0 Å². The van der Waals surface area contributed by atoms with Crippen molar-refractivity contribution in [3.63, 3.8) is 0 Å². The monoisotopic (exact) mass is 286 g/mol. The zero-order valence-electron chi connectivity index (χ0n) is 12.1. The van der Waals surface area contributed by atoms with Crippen LogP contribution >= 0.6 is 0 Å². The van der Waals surface area contributed by atoms with Gasteiger partial charge in [0.15, 0.2) is 0 Å². The van der Waals surface area contributed by atoms with Gasteiger partial charge >= 0.3 is 0 Å². The van der Waals surface area contributed by atoms with E-state index in [4.69, 9.17) is 9.47 Å². The van der Waals surface area contributed by atoms with Gasteiger partial charge in [0.2, 0.25) is 11.8 Å². The molecule has 110 valence electrons. The van der Waals surface area contributed by atoms with Crippen LogP contribution in [0.15, 0.2) is 30.5 Å². The fourth-order valence-corrected chi connectivity index (χ4v) is 2.33. The highest BCUT2D eigenvalue weighted by Crippen LogP contribution is 2.40. The Hall–Kier alpha value is -2.14. The van der Waals surface area contributed by atoms with Gasteiger partial charge in [-0.05, 0) is 29.9 Å². The molecule has 0 amide bonds. The van der Waals surface area contributed by atoms with Crippen molar-refractivity contribution in [3.8, 4) is 11.8 Å². The van der Waals surface area contributed by atoms with Crippen LogP contribution in [0.2, 0.25) is 0 Å². The second kappa shape index (κ2) is 5.69. The van der Waals surface area contributed by atoms with Crippen molar-refractivity contribution in [3.05, 3.63) is 47.3 Å². The number of aliphatic hydroxyl groups excluding tert-OH is 1. The standard InChI is InChI=1S/C16H18N2O3/c1-20-13-9-17-14(16(18-13)21-2)15(19)12-7-5-11(6-8-12)10-3-4-10/h5-10,15,19H,3-4H2,1-2H3. The summed E-state index contributed by atoms with van der Waals surface area (Å²) in [6, 6.07) is 8.01. The Balaban J connectivity index is 1.87. The average molecular weight is 286 g/mol. The van der Waals surface area contributed by atoms with Crippen molar-refractivity contribution in [2.75, 3.05) is 14.2 Å². The predicted molar refractivity (Wildman–Crippen MR) is 77.6 cm³/mol. The van der Waals surface area contributed by atoms with Gasteiger partial charge < -0.3 is 14.6 Å². The molecule has 1 aromatic carbocycles. The second-order valence-electron chi connectivity index (χ2n) is 5.15. The number of nitrogens with zero attached hydrogens (tertiary/aromatic N) is 2. The van der Waals surface area contributed by atoms with Crippen LogP contribution in [0.4, 0.5) is 0 Å². The average Bonchev–Trinajstić information content (AvgIpc) is 3.38. The van der Waals surface area contributed by atoms with Crippen molar-refractivity contribution in [2.45, 2.75) is 24.9 Å². The van der Waals surface area contributed by atoms with Crippen LogP contribution in [0.3, 0.4) is 0 Å². The zero-order valence-corrected chi connectivity index (χ0v) is 12.1. The molecule has 0 bridgehead atoms. The highest BCUT2D eigenvalue weighted by molar-refractivity contribution is 5.35. The molecule has 0 radical (unpaired) electrons. The topological polar surface area (TPSA) is 64.5 Å². The largest absolute Gasteiger partial charge is 0.480 e. The third-order valence-electron chi connectivity index (χ3n) is 3.71. The fraction of sp³-hybridized carbons (Fsp3) is 0.375. The van der Waals surface area contributed by atoms with Gasteiger partial charge in [0.05, 0.1) is 20.4 Å². The minimum Gasteiger partial charge on any atom is -0.480 e. The summed E-state index contributed by atoms with van der Waals surface area (Å²) in [5, 5.41) is 10.5. The van der Waals surface area contributed by atoms with E-state index in [2.05, 4.69) is 22.1 Å². The molecule has 0 aliphatic heterocycles. The quantitative estimate of drug-likeness (QED) is 0.914. The lowest BCUT2D eigenvalue weighted by atomic mass is 10.0. The summed E-state index contributed by atoms with van der Waals surface area (Å²) in [6.07, 6.45) is 3.13. The third kappa shape index (κ3) is 2.83. The molecule has 0 spiro atoms. The SMILES string of the molecule is COc1cnc(C(O)c2ccc(C3CC3)cc2)c(OC)n1. The molecule has 5 heteroatoms. The van der Waals surface area contributed by atoms with E-state index >= 15 is 0 Å². The lowest BCUT2D eigenvalue weighted by molar-refractivity contribution is 0.206. The number of hydrogen-bond acceptors (Lipinski definition) is 5. The summed E-state index contributed by atoms with van der Waals surface area (Å²) in [7, 11) is 3.01. The van der Waals surface area contributed by atoms with Crippen LogP contribution in [-0.4, -0.2) is 29.3 Å². The van der Waals surface area contributed by atoms with E-state index in [0.29, 0.717) is 17.5 Å². The predicted octanol–water partition coefficient (Wildman–Crippen LogP) is 2.45. The molecule has 1 aliphatic rings. The Morgan fingerprint density at radius 3 is 2.43 bits per heavy atom. The first-order valence-electron chi connectivity index (χ1n) is 6.95. The van der Waals surface area contributed by atoms with Crippen molar-refractivity contribution in [2.24, 2.45) is 0 Å². The van der Waals surface area contributed by atoms with Crippen molar-refractivity contribution in [1.29, 1.82) is 0 Å². The number of ether oxygens (including phenoxy) is 2. The van der Waals surface area contributed by atoms with E-state index in [1.54, 1.807) is 0 Å². The first kappa shape index (κ1) is 13.8. The Bertz CT molecular complexity index is 624. The molecule has 1 N–H and O–H groups in total. The molecular formula is C16H18N2O3. The highest BCUT2D eigenvalue weighted by Gasteiger charge is 2.24. The van der Waals surface area contributed by atoms with Crippen LogP contribution in [0.25, 0.3) is 0 Å². The van der Waals surface area contributed by atoms with Gasteiger partial charge in [0.25, 0.3) is 0 Å². The molecule has 3 rings (SSSR count). The molecule has 5 nitrogen and oxygen atoms in total. The highest BCUT2D eigenvalue weighted by atomic mass is 16.5. The molecule has 1 aromatic heterocycles. The maximum atomic E-state index is 10.5. The molecule has 1 unspecified atom stereocenters. The Morgan fingerprint density at radius 1 is 1.14 bits per heavy atom. The van der Waals surface area contributed by atoms with E-state index in [0.717, 1.165) is 5.56 Å². The molecule has 21 heavy (non-hydrogen) atoms. The molecule has 0 saturated heterocycles. The van der Waals surface area contributed by atoms with Crippen LogP contribution < -0.4 is 9.47 Å². The van der Waals surface area contributed by atoms with Crippen LogP contribution in [0.1, 0.15) is 41.7 Å². The van der Waals surface area contributed by atoms with Crippen molar-refractivity contribution < 1.29 is 14.6 Å². The minimum atomic E-state index is -0.869. The summed E-state index contributed by atoms with van der Waals surface area (Å²) >= 11 is 0. The molecule has 1 saturated carbocycles. The van der Waals surface area contributed by atoms with Gasteiger partial charge in [0.1, 0.15) is 11.8 Å². The number of methoxy groups -OCH3 is 2.